The number of carbonyl (C=O) groups excluding carboxylic acids is 3. The molecule has 0 radical (unpaired) electrons. The number of hydrazine groups is 1. The van der Waals surface area contributed by atoms with Gasteiger partial charge in [-0.25, -0.2) is 22.7 Å². The Morgan fingerprint density at radius 3 is 2.18 bits per heavy atom. The van der Waals surface area contributed by atoms with Crippen LogP contribution in [0.3, 0.4) is 0 Å². The zero-order chi connectivity index (χ0) is 37.2. The second-order valence-electron chi connectivity index (χ2n) is 11.7. The van der Waals surface area contributed by atoms with Crippen LogP contribution in [-0.4, -0.2) is 70.6 Å². The molecule has 0 fully saturated rings. The molecule has 0 saturated heterocycles. The van der Waals surface area contributed by atoms with Crippen LogP contribution in [0.4, 0.5) is 13.2 Å². The molecule has 0 bridgehead atoms. The first-order chi connectivity index (χ1) is 24.0. The molecule has 1 aliphatic heterocycles. The summed E-state index contributed by atoms with van der Waals surface area (Å²) in [5.74, 6) is -2.97. The van der Waals surface area contributed by atoms with E-state index < -0.39 is 63.2 Å². The van der Waals surface area contributed by atoms with Gasteiger partial charge in [-0.2, -0.15) is 18.3 Å². The molecule has 14 nitrogen and oxygen atoms in total. The normalized spacial score (nSPS) is 14.6. The molecule has 2 atom stereocenters. The fourth-order valence-electron chi connectivity index (χ4n) is 5.34. The molecule has 0 saturated carbocycles. The van der Waals surface area contributed by atoms with Crippen LogP contribution >= 0.6 is 0 Å². The van der Waals surface area contributed by atoms with Crippen molar-refractivity contribution in [1.29, 1.82) is 0 Å². The molecule has 18 heteroatoms. The number of nitrogens with zero attached hydrogens (tertiary/aromatic N) is 6. The summed E-state index contributed by atoms with van der Waals surface area (Å²) in [6.45, 7) is 4.43. The Labute approximate surface area is 290 Å². The monoisotopic (exact) mass is 727 g/mol. The first-order valence-corrected chi connectivity index (χ1v) is 16.9. The van der Waals surface area contributed by atoms with Crippen LogP contribution in [0.2, 0.25) is 0 Å². The van der Waals surface area contributed by atoms with Gasteiger partial charge in [0.2, 0.25) is 12.0 Å². The van der Waals surface area contributed by atoms with Gasteiger partial charge in [-0.3, -0.25) is 14.4 Å². The molecule has 3 aromatic carbocycles. The quantitative estimate of drug-likeness (QED) is 0.0905. The lowest BCUT2D eigenvalue weighted by molar-refractivity contribution is -0.711. The highest BCUT2D eigenvalue weighted by molar-refractivity contribution is 7.90. The van der Waals surface area contributed by atoms with Gasteiger partial charge >= 0.3 is 6.18 Å². The van der Waals surface area contributed by atoms with Crippen molar-refractivity contribution >= 4 is 27.7 Å². The molecule has 0 unspecified atom stereocenters. The number of halogens is 3. The SMILES string of the molecule is CC[C@@H](C)[C@@H](C(=O)NS(=O)(=O)c1ccc(-n2nc(C(F)(F)F)cc2-c2ccc(C)cc2)cc1)N(C)/[N+]([O-])=N\OCN1C(=O)c2ccccc2C1=O. The number of imide groups is 1. The van der Waals surface area contributed by atoms with Crippen molar-refractivity contribution in [3.05, 3.63) is 106 Å². The topological polar surface area (TPSA) is 169 Å². The van der Waals surface area contributed by atoms with E-state index in [1.807, 2.05) is 11.6 Å². The number of fused-ring (bicyclic) bond motifs is 1. The molecule has 4 aromatic rings. The Morgan fingerprint density at radius 2 is 1.63 bits per heavy atom. The largest absolute Gasteiger partial charge is 0.569 e. The average molecular weight is 728 g/mol. The molecule has 0 aliphatic carbocycles. The summed E-state index contributed by atoms with van der Waals surface area (Å²) in [6.07, 6.45) is -4.41. The van der Waals surface area contributed by atoms with E-state index in [4.69, 9.17) is 4.84 Å². The number of amides is 3. The molecule has 268 valence electrons. The lowest BCUT2D eigenvalue weighted by atomic mass is 9.98. The van der Waals surface area contributed by atoms with Gasteiger partial charge in [-0.15, -0.1) is 5.01 Å². The Morgan fingerprint density at radius 1 is 1.04 bits per heavy atom. The highest BCUT2D eigenvalue weighted by atomic mass is 32.2. The first-order valence-electron chi connectivity index (χ1n) is 15.4. The van der Waals surface area contributed by atoms with Crippen molar-refractivity contribution < 1.29 is 45.8 Å². The Hall–Kier alpha value is -5.78. The van der Waals surface area contributed by atoms with Crippen LogP contribution < -0.4 is 4.72 Å². The maximum absolute atomic E-state index is 13.6. The van der Waals surface area contributed by atoms with Gasteiger partial charge in [0.25, 0.3) is 27.7 Å². The zero-order valence-electron chi connectivity index (χ0n) is 27.7. The van der Waals surface area contributed by atoms with E-state index in [-0.39, 0.29) is 27.5 Å². The second-order valence-corrected chi connectivity index (χ2v) is 13.4. The van der Waals surface area contributed by atoms with Crippen LogP contribution in [0.1, 0.15) is 52.2 Å². The Balaban J connectivity index is 1.31. The number of benzene rings is 3. The number of carbonyl (C=O) groups is 3. The fourth-order valence-corrected chi connectivity index (χ4v) is 6.34. The predicted molar refractivity (Wildman–Crippen MR) is 174 cm³/mol. The number of nitrogens with one attached hydrogen (secondary N) is 1. The summed E-state index contributed by atoms with van der Waals surface area (Å²) in [5.41, 5.74) is 0.756. The molecule has 3 amide bonds. The highest BCUT2D eigenvalue weighted by Gasteiger charge is 2.38. The third-order valence-electron chi connectivity index (χ3n) is 8.29. The number of alkyl halides is 3. The number of sulfonamides is 1. The van der Waals surface area contributed by atoms with E-state index in [9.17, 15) is 41.2 Å². The standard InChI is InChI=1S/C33H32F3N7O7S/c1-5-21(3)29(40(4)43(47)39-50-19-41-31(45)25-8-6-7-9-26(25)32(41)46)30(44)38-51(48,49)24-16-14-23(15-17-24)42-27(18-28(37-42)33(34,35)36)22-12-10-20(2)11-13-22/h6-18,21,29H,5,19H2,1-4H3,(H,38,44)/b43-39+/t21-,29+/m1/s1. The van der Waals surface area contributed by atoms with Gasteiger partial charge in [-0.1, -0.05) is 62.2 Å². The lowest BCUT2D eigenvalue weighted by Gasteiger charge is -2.27. The number of likely N-dealkylation sites (N-methyl/N-ethyl adjacent to an activating group) is 1. The van der Waals surface area contributed by atoms with Crippen LogP contribution in [-0.2, 0) is 25.8 Å². The zero-order valence-corrected chi connectivity index (χ0v) is 28.5. The van der Waals surface area contributed by atoms with Crippen LogP contribution in [0.25, 0.3) is 16.9 Å². The lowest BCUT2D eigenvalue weighted by Crippen LogP contribution is -2.52. The maximum Gasteiger partial charge on any atom is 0.435 e. The van der Waals surface area contributed by atoms with E-state index in [1.165, 1.54) is 31.3 Å². The smallest absolute Gasteiger partial charge is 0.435 e. The molecule has 1 aromatic heterocycles. The molecule has 5 rings (SSSR count). The van der Waals surface area contributed by atoms with Crippen molar-refractivity contribution in [2.75, 3.05) is 13.8 Å². The van der Waals surface area contributed by atoms with E-state index in [1.54, 1.807) is 50.2 Å². The molecule has 2 heterocycles. The van der Waals surface area contributed by atoms with Crippen molar-refractivity contribution in [2.45, 2.75) is 44.3 Å². The van der Waals surface area contributed by atoms with Crippen molar-refractivity contribution in [1.82, 2.24) is 24.4 Å². The van der Waals surface area contributed by atoms with Crippen LogP contribution in [0.15, 0.2) is 89.0 Å². The van der Waals surface area contributed by atoms with E-state index >= 15 is 0 Å². The third-order valence-corrected chi connectivity index (χ3v) is 9.65. The summed E-state index contributed by atoms with van der Waals surface area (Å²) < 4.78 is 70.4. The predicted octanol–water partition coefficient (Wildman–Crippen LogP) is 5.08. The van der Waals surface area contributed by atoms with Gasteiger partial charge in [0.05, 0.1) is 39.4 Å². The van der Waals surface area contributed by atoms with E-state index in [0.29, 0.717) is 12.0 Å². The van der Waals surface area contributed by atoms with Crippen LogP contribution in [0.5, 0.6) is 0 Å². The molecular weight excluding hydrogens is 695 g/mol. The summed E-state index contributed by atoms with van der Waals surface area (Å²) in [5, 5.41) is 20.7. The minimum atomic E-state index is -4.74. The maximum atomic E-state index is 13.6. The Kier molecular flexibility index (Phi) is 10.2. The van der Waals surface area contributed by atoms with Crippen molar-refractivity contribution in [3.8, 4) is 16.9 Å². The highest BCUT2D eigenvalue weighted by Crippen LogP contribution is 2.33. The first kappa shape index (κ1) is 36.5. The number of aromatic nitrogens is 2. The van der Waals surface area contributed by atoms with E-state index in [2.05, 4.69) is 10.4 Å². The van der Waals surface area contributed by atoms with Gasteiger partial charge < -0.3 is 10.0 Å². The number of hydrogen-bond donors (Lipinski definition) is 1. The number of rotatable bonds is 12. The minimum absolute atomic E-state index is 0.110. The summed E-state index contributed by atoms with van der Waals surface area (Å²) >= 11 is 0. The molecule has 51 heavy (non-hydrogen) atoms. The van der Waals surface area contributed by atoms with Gasteiger partial charge in [0.1, 0.15) is 0 Å². The Bertz CT molecular complexity index is 2070. The van der Waals surface area contributed by atoms with Crippen molar-refractivity contribution in [2.24, 2.45) is 11.2 Å². The molecule has 1 N–H and O–H groups in total. The number of aryl methyl sites for hydroxylation is 1. The summed E-state index contributed by atoms with van der Waals surface area (Å²) in [4.78, 5) is 43.6. The molecular formula is C33H32F3N7O7S. The molecule has 1 aliphatic rings. The van der Waals surface area contributed by atoms with Gasteiger partial charge in [0, 0.05) is 5.56 Å². The second kappa shape index (κ2) is 14.2. The van der Waals surface area contributed by atoms with Gasteiger partial charge in [-0.05, 0) is 55.3 Å². The molecule has 0 spiro atoms. The average Bonchev–Trinajstić information content (AvgIpc) is 3.65. The number of hydrogen-bond acceptors (Lipinski definition) is 9. The summed E-state index contributed by atoms with van der Waals surface area (Å²) in [7, 11) is -3.38. The van der Waals surface area contributed by atoms with Crippen molar-refractivity contribution in [3.63, 3.8) is 0 Å². The van der Waals surface area contributed by atoms with E-state index in [0.717, 1.165) is 38.4 Å². The van der Waals surface area contributed by atoms with Crippen LogP contribution in [0, 0.1) is 18.0 Å². The third kappa shape index (κ3) is 7.54. The summed E-state index contributed by atoms with van der Waals surface area (Å²) in [6, 6.07) is 17.0. The van der Waals surface area contributed by atoms with Gasteiger partial charge in [0.15, 0.2) is 11.7 Å². The minimum Gasteiger partial charge on any atom is -0.569 e. The fraction of sp³-hybridized carbons (Fsp3) is 0.273.